The maximum atomic E-state index is 10.2. The number of benzene rings is 1. The Balaban J connectivity index is 1.57. The van der Waals surface area contributed by atoms with Crippen molar-refractivity contribution in [3.63, 3.8) is 0 Å². The van der Waals surface area contributed by atoms with Crippen LogP contribution in [0.3, 0.4) is 0 Å². The molecule has 1 aliphatic heterocycles. The van der Waals surface area contributed by atoms with Crippen LogP contribution in [0.5, 0.6) is 11.6 Å². The lowest BCUT2D eigenvalue weighted by molar-refractivity contribution is -0.0299. The van der Waals surface area contributed by atoms with Gasteiger partial charge in [-0.2, -0.15) is 4.98 Å². The van der Waals surface area contributed by atoms with E-state index in [4.69, 9.17) is 14.2 Å². The molecule has 0 aliphatic carbocycles. The van der Waals surface area contributed by atoms with Gasteiger partial charge in [0.05, 0.1) is 19.5 Å². The molecule has 1 saturated heterocycles. The number of aromatic nitrogens is 4. The molecule has 3 aromatic rings. The number of hydrogen-bond donors (Lipinski definition) is 2. The average Bonchev–Trinajstić information content (AvgIpc) is 3.23. The molecule has 4 rings (SSSR count). The van der Waals surface area contributed by atoms with E-state index in [0.29, 0.717) is 23.7 Å². The zero-order valence-corrected chi connectivity index (χ0v) is 14.9. The van der Waals surface area contributed by atoms with Gasteiger partial charge in [-0.25, -0.2) is 9.97 Å². The van der Waals surface area contributed by atoms with Gasteiger partial charge < -0.3 is 24.4 Å². The third-order valence-corrected chi connectivity index (χ3v) is 4.61. The summed E-state index contributed by atoms with van der Waals surface area (Å²) in [4.78, 5) is 12.7. The Kier molecular flexibility index (Phi) is 4.65. The average molecular weight is 372 g/mol. The molecule has 0 bridgehead atoms. The van der Waals surface area contributed by atoms with Crippen LogP contribution in [-0.4, -0.2) is 55.2 Å². The van der Waals surface area contributed by atoms with Crippen molar-refractivity contribution in [3.05, 3.63) is 42.5 Å². The Bertz CT molecular complexity index is 929. The van der Waals surface area contributed by atoms with Crippen molar-refractivity contribution in [2.45, 2.75) is 38.1 Å². The van der Waals surface area contributed by atoms with Gasteiger partial charge in [0.25, 0.3) is 0 Å². The molecule has 2 N–H and O–H groups in total. The molecule has 0 unspecified atom stereocenters. The minimum Gasteiger partial charge on any atom is -0.497 e. The number of methoxy groups -OCH3 is 1. The van der Waals surface area contributed by atoms with E-state index in [1.807, 2.05) is 24.3 Å². The van der Waals surface area contributed by atoms with Crippen molar-refractivity contribution in [2.24, 2.45) is 0 Å². The van der Waals surface area contributed by atoms with Crippen LogP contribution in [0.1, 0.15) is 18.7 Å². The van der Waals surface area contributed by atoms with E-state index in [0.717, 1.165) is 11.3 Å². The second-order valence-electron chi connectivity index (χ2n) is 6.35. The van der Waals surface area contributed by atoms with Gasteiger partial charge in [-0.1, -0.05) is 12.1 Å². The number of rotatable bonds is 5. The predicted molar refractivity (Wildman–Crippen MR) is 94.2 cm³/mol. The SMILES string of the molecule is COc1ccc(COc2ncnc3c2ncn3[C@@H]2O[C@H](C)[C@@H](O)[C@H]2O)cc1. The van der Waals surface area contributed by atoms with E-state index < -0.39 is 24.5 Å². The quantitative estimate of drug-likeness (QED) is 0.684. The van der Waals surface area contributed by atoms with E-state index in [9.17, 15) is 10.2 Å². The molecule has 0 amide bonds. The lowest BCUT2D eigenvalue weighted by Gasteiger charge is -2.16. The molecular formula is C18H20N4O5. The molecule has 0 spiro atoms. The number of ether oxygens (including phenoxy) is 3. The lowest BCUT2D eigenvalue weighted by atomic mass is 10.1. The second-order valence-corrected chi connectivity index (χ2v) is 6.35. The number of aliphatic hydroxyl groups excluding tert-OH is 2. The van der Waals surface area contributed by atoms with E-state index in [1.54, 1.807) is 18.6 Å². The smallest absolute Gasteiger partial charge is 0.245 e. The monoisotopic (exact) mass is 372 g/mol. The van der Waals surface area contributed by atoms with E-state index in [2.05, 4.69) is 15.0 Å². The zero-order chi connectivity index (χ0) is 19.0. The van der Waals surface area contributed by atoms with Gasteiger partial charge in [-0.15, -0.1) is 0 Å². The number of hydrogen-bond acceptors (Lipinski definition) is 8. The van der Waals surface area contributed by atoms with Crippen molar-refractivity contribution < 1.29 is 24.4 Å². The summed E-state index contributed by atoms with van der Waals surface area (Å²) in [6.45, 7) is 2.01. The molecule has 9 nitrogen and oxygen atoms in total. The van der Waals surface area contributed by atoms with E-state index >= 15 is 0 Å². The molecule has 4 atom stereocenters. The minimum atomic E-state index is -1.07. The summed E-state index contributed by atoms with van der Waals surface area (Å²) < 4.78 is 18.2. The van der Waals surface area contributed by atoms with Crippen LogP contribution in [0.4, 0.5) is 0 Å². The maximum absolute atomic E-state index is 10.2. The lowest BCUT2D eigenvalue weighted by Crippen LogP contribution is -2.30. The Labute approximate surface area is 155 Å². The van der Waals surface area contributed by atoms with Crippen LogP contribution < -0.4 is 9.47 Å². The maximum Gasteiger partial charge on any atom is 0.245 e. The standard InChI is InChI=1S/C18H20N4O5/c1-10-14(23)15(24)18(27-10)22-9-21-13-16(22)19-8-20-17(13)26-7-11-3-5-12(25-2)6-4-11/h3-6,8-10,14-15,18,23-24H,7H2,1-2H3/t10-,14-,15-,18-/m1/s1. The Morgan fingerprint density at radius 3 is 2.56 bits per heavy atom. The highest BCUT2D eigenvalue weighted by Crippen LogP contribution is 2.32. The fourth-order valence-corrected chi connectivity index (χ4v) is 3.05. The summed E-state index contributed by atoms with van der Waals surface area (Å²) >= 11 is 0. The van der Waals surface area contributed by atoms with Crippen LogP contribution in [-0.2, 0) is 11.3 Å². The fourth-order valence-electron chi connectivity index (χ4n) is 3.05. The summed E-state index contributed by atoms with van der Waals surface area (Å²) in [5.41, 5.74) is 1.87. The first kappa shape index (κ1) is 17.7. The van der Waals surface area contributed by atoms with Crippen molar-refractivity contribution in [1.82, 2.24) is 19.5 Å². The van der Waals surface area contributed by atoms with Gasteiger partial charge >= 0.3 is 0 Å². The molecule has 27 heavy (non-hydrogen) atoms. The van der Waals surface area contributed by atoms with Crippen LogP contribution in [0.25, 0.3) is 11.2 Å². The van der Waals surface area contributed by atoms with Crippen molar-refractivity contribution >= 4 is 11.2 Å². The van der Waals surface area contributed by atoms with Crippen LogP contribution in [0.15, 0.2) is 36.9 Å². The molecule has 0 saturated carbocycles. The molecule has 1 fully saturated rings. The number of nitrogens with zero attached hydrogens (tertiary/aromatic N) is 4. The number of imidazole rings is 1. The predicted octanol–water partition coefficient (Wildman–Crippen LogP) is 1.05. The number of aliphatic hydroxyl groups is 2. The summed E-state index contributed by atoms with van der Waals surface area (Å²) in [6.07, 6.45) is -0.445. The normalized spacial score (nSPS) is 25.0. The van der Waals surface area contributed by atoms with Crippen LogP contribution in [0, 0.1) is 0 Å². The van der Waals surface area contributed by atoms with Gasteiger partial charge in [0.1, 0.15) is 30.9 Å². The first-order valence-electron chi connectivity index (χ1n) is 8.53. The molecule has 1 aliphatic rings. The van der Waals surface area contributed by atoms with E-state index in [1.165, 1.54) is 12.7 Å². The highest BCUT2D eigenvalue weighted by atomic mass is 16.6. The summed E-state index contributed by atoms with van der Waals surface area (Å²) in [6, 6.07) is 7.52. The molecule has 3 heterocycles. The van der Waals surface area contributed by atoms with Gasteiger partial charge in [0.15, 0.2) is 17.4 Å². The zero-order valence-electron chi connectivity index (χ0n) is 14.9. The van der Waals surface area contributed by atoms with Crippen molar-refractivity contribution in [1.29, 1.82) is 0 Å². The molecule has 1 aromatic carbocycles. The third kappa shape index (κ3) is 3.20. The second kappa shape index (κ2) is 7.10. The Morgan fingerprint density at radius 2 is 1.89 bits per heavy atom. The summed E-state index contributed by atoms with van der Waals surface area (Å²) in [5.74, 6) is 1.10. The van der Waals surface area contributed by atoms with Gasteiger partial charge in [0.2, 0.25) is 5.88 Å². The third-order valence-electron chi connectivity index (χ3n) is 4.61. The van der Waals surface area contributed by atoms with Crippen LogP contribution >= 0.6 is 0 Å². The first-order chi connectivity index (χ1) is 13.1. The van der Waals surface area contributed by atoms with Gasteiger partial charge in [-0.05, 0) is 24.6 Å². The highest BCUT2D eigenvalue weighted by Gasteiger charge is 2.42. The molecule has 2 aromatic heterocycles. The summed E-state index contributed by atoms with van der Waals surface area (Å²) in [5, 5.41) is 20.1. The molecular weight excluding hydrogens is 352 g/mol. The Morgan fingerprint density at radius 1 is 1.11 bits per heavy atom. The molecule has 142 valence electrons. The molecule has 0 radical (unpaired) electrons. The summed E-state index contributed by atoms with van der Waals surface area (Å²) in [7, 11) is 1.62. The topological polar surface area (TPSA) is 112 Å². The highest BCUT2D eigenvalue weighted by molar-refractivity contribution is 5.76. The van der Waals surface area contributed by atoms with Crippen LogP contribution in [0.2, 0.25) is 0 Å². The Hall–Kier alpha value is -2.75. The van der Waals surface area contributed by atoms with Gasteiger partial charge in [0, 0.05) is 0 Å². The first-order valence-corrected chi connectivity index (χ1v) is 8.53. The van der Waals surface area contributed by atoms with E-state index in [-0.39, 0.29) is 0 Å². The largest absolute Gasteiger partial charge is 0.497 e. The van der Waals surface area contributed by atoms with Gasteiger partial charge in [-0.3, -0.25) is 4.57 Å². The van der Waals surface area contributed by atoms with Crippen molar-refractivity contribution in [2.75, 3.05) is 7.11 Å². The fraction of sp³-hybridized carbons (Fsp3) is 0.389. The van der Waals surface area contributed by atoms with Crippen molar-refractivity contribution in [3.8, 4) is 11.6 Å². The number of fused-ring (bicyclic) bond motifs is 1. The minimum absolute atomic E-state index is 0.307. The molecule has 9 heteroatoms.